The molecule has 0 bridgehead atoms. The highest BCUT2D eigenvalue weighted by atomic mass is 16.5. The smallest absolute Gasteiger partial charge is 0.356 e. The van der Waals surface area contributed by atoms with Crippen LogP contribution in [0.1, 0.15) is 21.6 Å². The Kier molecular flexibility index (Phi) is 7.90. The first-order valence-electron chi connectivity index (χ1n) is 13.1. The molecular weight excluding hydrogens is 492 g/mol. The maximum atomic E-state index is 13.2. The quantitative estimate of drug-likeness (QED) is 0.341. The van der Waals surface area contributed by atoms with Crippen molar-refractivity contribution in [3.05, 3.63) is 83.6 Å². The Morgan fingerprint density at radius 2 is 1.74 bits per heavy atom. The van der Waals surface area contributed by atoms with Crippen LogP contribution >= 0.6 is 0 Å². The van der Waals surface area contributed by atoms with Crippen LogP contribution in [0.15, 0.2) is 66.7 Å². The monoisotopic (exact) mass is 526 g/mol. The predicted molar refractivity (Wildman–Crippen MR) is 155 cm³/mol. The topological polar surface area (TPSA) is 90.0 Å². The van der Waals surface area contributed by atoms with Gasteiger partial charge in [0.15, 0.2) is 5.69 Å². The van der Waals surface area contributed by atoms with Gasteiger partial charge in [0.1, 0.15) is 5.82 Å². The van der Waals surface area contributed by atoms with Gasteiger partial charge in [0.05, 0.1) is 18.4 Å². The lowest BCUT2D eigenvalue weighted by molar-refractivity contribution is -0.110. The van der Waals surface area contributed by atoms with Crippen molar-refractivity contribution in [2.75, 3.05) is 76.0 Å². The molecule has 0 unspecified atom stereocenters. The fraction of sp³-hybridized carbons (Fsp3) is 0.300. The molecule has 1 amide bonds. The molecule has 0 saturated carbocycles. The van der Waals surface area contributed by atoms with Gasteiger partial charge in [-0.25, -0.2) is 9.78 Å². The van der Waals surface area contributed by atoms with Crippen molar-refractivity contribution in [3.63, 3.8) is 0 Å². The highest BCUT2D eigenvalue weighted by molar-refractivity contribution is 6.37. The van der Waals surface area contributed by atoms with Crippen LogP contribution in [0.5, 0.6) is 0 Å². The Morgan fingerprint density at radius 1 is 1.03 bits per heavy atom. The first-order chi connectivity index (χ1) is 18.9. The van der Waals surface area contributed by atoms with Crippen molar-refractivity contribution in [3.8, 4) is 0 Å². The maximum absolute atomic E-state index is 13.2. The van der Waals surface area contributed by atoms with E-state index in [1.165, 1.54) is 7.11 Å². The number of pyridine rings is 1. The number of hydrogen-bond donors (Lipinski definition) is 2. The van der Waals surface area contributed by atoms with Crippen LogP contribution in [-0.4, -0.2) is 87.1 Å². The third-order valence-corrected chi connectivity index (χ3v) is 7.26. The average molecular weight is 527 g/mol. The number of anilines is 3. The molecule has 9 nitrogen and oxygen atoms in total. The summed E-state index contributed by atoms with van der Waals surface area (Å²) in [6.07, 6.45) is 0. The first kappa shape index (κ1) is 26.4. The Hall–Kier alpha value is -4.21. The normalized spacial score (nSPS) is 16.8. The van der Waals surface area contributed by atoms with Crippen molar-refractivity contribution < 1.29 is 14.3 Å². The molecule has 0 aliphatic carbocycles. The first-order valence-corrected chi connectivity index (χ1v) is 13.1. The van der Waals surface area contributed by atoms with Gasteiger partial charge in [-0.1, -0.05) is 30.3 Å². The van der Waals surface area contributed by atoms with Crippen molar-refractivity contribution in [1.29, 1.82) is 0 Å². The second-order valence-corrected chi connectivity index (χ2v) is 9.89. The Morgan fingerprint density at radius 3 is 2.44 bits per heavy atom. The summed E-state index contributed by atoms with van der Waals surface area (Å²) in [5.41, 5.74) is 4.74. The number of rotatable bonds is 8. The minimum absolute atomic E-state index is 0.138. The molecule has 9 heteroatoms. The summed E-state index contributed by atoms with van der Waals surface area (Å²) in [5.74, 6) is -0.504. The van der Waals surface area contributed by atoms with E-state index in [0.717, 1.165) is 56.2 Å². The van der Waals surface area contributed by atoms with E-state index < -0.39 is 5.97 Å². The van der Waals surface area contributed by atoms with E-state index in [-0.39, 0.29) is 11.6 Å². The van der Waals surface area contributed by atoms with E-state index in [0.29, 0.717) is 22.7 Å². The molecule has 1 fully saturated rings. The fourth-order valence-corrected chi connectivity index (χ4v) is 4.83. The number of nitrogens with one attached hydrogen (secondary N) is 2. The molecule has 0 radical (unpaired) electrons. The van der Waals surface area contributed by atoms with Crippen molar-refractivity contribution in [2.45, 2.75) is 0 Å². The molecule has 5 rings (SSSR count). The Labute approximate surface area is 229 Å². The number of nitrogens with zero attached hydrogens (tertiary/aromatic N) is 4. The second kappa shape index (κ2) is 11.7. The van der Waals surface area contributed by atoms with E-state index in [2.05, 4.69) is 56.5 Å². The third kappa shape index (κ3) is 5.94. The van der Waals surface area contributed by atoms with Gasteiger partial charge in [-0.05, 0) is 49.0 Å². The van der Waals surface area contributed by atoms with Crippen LogP contribution < -0.4 is 15.5 Å². The molecule has 0 spiro atoms. The maximum Gasteiger partial charge on any atom is 0.356 e. The van der Waals surface area contributed by atoms with Gasteiger partial charge in [0, 0.05) is 63.3 Å². The highest BCUT2D eigenvalue weighted by Crippen LogP contribution is 2.37. The van der Waals surface area contributed by atoms with Crippen LogP contribution in [0.2, 0.25) is 0 Å². The van der Waals surface area contributed by atoms with Gasteiger partial charge in [-0.2, -0.15) is 0 Å². The Bertz CT molecular complexity index is 1370. The number of benzene rings is 2. The number of fused-ring (bicyclic) bond motifs is 1. The van der Waals surface area contributed by atoms with Crippen LogP contribution in [0.25, 0.3) is 11.3 Å². The van der Waals surface area contributed by atoms with Gasteiger partial charge in [-0.15, -0.1) is 0 Å². The van der Waals surface area contributed by atoms with Crippen LogP contribution in [-0.2, 0) is 9.53 Å². The van der Waals surface area contributed by atoms with Crippen molar-refractivity contribution >= 4 is 40.3 Å². The van der Waals surface area contributed by atoms with Gasteiger partial charge in [0.25, 0.3) is 5.91 Å². The highest BCUT2D eigenvalue weighted by Gasteiger charge is 2.30. The SMILES string of the molecule is COC(=O)c1ccc2c(n1)NC(=O)C2=C(Nc1ccc(N(C)CCN2CCN(C)CC2)cc1)c1ccccc1. The van der Waals surface area contributed by atoms with E-state index >= 15 is 0 Å². The minimum Gasteiger partial charge on any atom is -0.464 e. The van der Waals surface area contributed by atoms with E-state index in [9.17, 15) is 9.59 Å². The lowest BCUT2D eigenvalue weighted by atomic mass is 10.0. The summed E-state index contributed by atoms with van der Waals surface area (Å²) in [7, 11) is 5.59. The molecule has 2 aliphatic rings. The number of hydrogen-bond acceptors (Lipinski definition) is 8. The molecular formula is C30H34N6O3. The van der Waals surface area contributed by atoms with Gasteiger partial charge >= 0.3 is 5.97 Å². The van der Waals surface area contributed by atoms with Gasteiger partial charge in [-0.3, -0.25) is 9.69 Å². The molecule has 3 heterocycles. The van der Waals surface area contributed by atoms with Crippen LogP contribution in [0, 0.1) is 0 Å². The van der Waals surface area contributed by atoms with E-state index in [1.807, 2.05) is 42.5 Å². The molecule has 1 saturated heterocycles. The molecule has 2 aliphatic heterocycles. The number of carbonyl (C=O) groups is 2. The number of methoxy groups -OCH3 is 1. The summed E-state index contributed by atoms with van der Waals surface area (Å²) < 4.78 is 4.78. The van der Waals surface area contributed by atoms with Gasteiger partial charge in [0.2, 0.25) is 0 Å². The number of amides is 1. The molecule has 3 aromatic rings. The molecule has 1 aromatic heterocycles. The molecule has 202 valence electrons. The number of piperazine rings is 1. The largest absolute Gasteiger partial charge is 0.464 e. The third-order valence-electron chi connectivity index (χ3n) is 7.26. The predicted octanol–water partition coefficient (Wildman–Crippen LogP) is 3.48. The summed E-state index contributed by atoms with van der Waals surface area (Å²) in [5, 5.41) is 6.28. The molecule has 2 aromatic carbocycles. The summed E-state index contributed by atoms with van der Waals surface area (Å²) >= 11 is 0. The van der Waals surface area contributed by atoms with Gasteiger partial charge < -0.3 is 25.2 Å². The summed E-state index contributed by atoms with van der Waals surface area (Å²) in [6.45, 7) is 6.45. The van der Waals surface area contributed by atoms with E-state index in [1.54, 1.807) is 12.1 Å². The number of likely N-dealkylation sites (N-methyl/N-ethyl adjacent to an activating group) is 2. The number of aromatic nitrogens is 1. The number of esters is 1. The number of carbonyl (C=O) groups excluding carboxylic acids is 2. The standard InChI is InChI=1S/C30H34N6O3/c1-34-15-18-36(19-16-34)20-17-35(2)23-11-9-22(10-12-23)31-27(21-7-5-4-6-8-21)26-24-13-14-25(30(38)39-3)32-28(24)33-29(26)37/h4-14,31H,15-20H2,1-3H3,(H,32,33,37). The van der Waals surface area contributed by atoms with Crippen molar-refractivity contribution in [2.24, 2.45) is 0 Å². The second-order valence-electron chi connectivity index (χ2n) is 9.89. The zero-order valence-electron chi connectivity index (χ0n) is 22.6. The average Bonchev–Trinajstić information content (AvgIpc) is 3.30. The Balaban J connectivity index is 1.38. The fourth-order valence-electron chi connectivity index (χ4n) is 4.83. The molecule has 39 heavy (non-hydrogen) atoms. The minimum atomic E-state index is -0.556. The van der Waals surface area contributed by atoms with E-state index in [4.69, 9.17) is 4.74 Å². The van der Waals surface area contributed by atoms with Crippen molar-refractivity contribution in [1.82, 2.24) is 14.8 Å². The lowest BCUT2D eigenvalue weighted by Crippen LogP contribution is -2.46. The number of ether oxygens (including phenoxy) is 1. The molecule has 0 atom stereocenters. The molecule has 2 N–H and O–H groups in total. The summed E-state index contributed by atoms with van der Waals surface area (Å²) in [4.78, 5) is 36.6. The lowest BCUT2D eigenvalue weighted by Gasteiger charge is -2.33. The zero-order valence-corrected chi connectivity index (χ0v) is 22.6. The van der Waals surface area contributed by atoms with Crippen LogP contribution in [0.3, 0.4) is 0 Å². The zero-order chi connectivity index (χ0) is 27.4. The summed E-state index contributed by atoms with van der Waals surface area (Å²) in [6, 6.07) is 21.2. The van der Waals surface area contributed by atoms with Crippen LogP contribution in [0.4, 0.5) is 17.2 Å².